The first-order valence-electron chi connectivity index (χ1n) is 7.33. The van der Waals surface area contributed by atoms with Gasteiger partial charge in [0.1, 0.15) is 5.69 Å². The van der Waals surface area contributed by atoms with E-state index in [4.69, 9.17) is 0 Å². The molecule has 20 heavy (non-hydrogen) atoms. The first kappa shape index (κ1) is 16.7. The number of nitrogens with zero attached hydrogens (tertiary/aromatic N) is 2. The van der Waals surface area contributed by atoms with Crippen molar-refractivity contribution in [2.75, 3.05) is 6.61 Å². The first-order chi connectivity index (χ1) is 9.38. The van der Waals surface area contributed by atoms with Crippen LogP contribution in [0.3, 0.4) is 0 Å². The molecule has 1 amide bonds. The molecule has 0 aliphatic rings. The molecule has 0 aliphatic heterocycles. The van der Waals surface area contributed by atoms with Crippen molar-refractivity contribution in [1.82, 2.24) is 15.1 Å². The summed E-state index contributed by atoms with van der Waals surface area (Å²) in [5.74, 6) is 0.577. The topological polar surface area (TPSA) is 67.2 Å². The smallest absolute Gasteiger partial charge is 0.269 e. The summed E-state index contributed by atoms with van der Waals surface area (Å²) in [6.45, 7) is 8.27. The number of rotatable bonds is 7. The number of aromatic nitrogens is 2. The number of hydrogen-bond acceptors (Lipinski definition) is 3. The second-order valence-electron chi connectivity index (χ2n) is 5.89. The highest BCUT2D eigenvalue weighted by Gasteiger charge is 2.20. The SMILES string of the molecule is CC[C@@H](C)[C@@H](CO)NC(=O)c1cc(CC(C)C)nn1C. The molecule has 0 radical (unpaired) electrons. The van der Waals surface area contributed by atoms with Crippen LogP contribution in [0, 0.1) is 11.8 Å². The van der Waals surface area contributed by atoms with E-state index in [1.807, 2.05) is 19.9 Å². The molecule has 0 bridgehead atoms. The molecule has 1 aromatic rings. The maximum absolute atomic E-state index is 12.3. The van der Waals surface area contributed by atoms with Gasteiger partial charge in [0.15, 0.2) is 0 Å². The monoisotopic (exact) mass is 281 g/mol. The Kier molecular flexibility index (Phi) is 6.20. The summed E-state index contributed by atoms with van der Waals surface area (Å²) in [6, 6.07) is 1.62. The van der Waals surface area contributed by atoms with Crippen molar-refractivity contribution in [3.8, 4) is 0 Å². The van der Waals surface area contributed by atoms with E-state index in [0.29, 0.717) is 11.6 Å². The molecule has 1 aromatic heterocycles. The minimum atomic E-state index is -0.212. The molecule has 5 nitrogen and oxygen atoms in total. The van der Waals surface area contributed by atoms with Gasteiger partial charge in [0.25, 0.3) is 5.91 Å². The predicted octanol–water partition coefficient (Wildman–Crippen LogP) is 1.76. The van der Waals surface area contributed by atoms with Crippen LogP contribution in [0.15, 0.2) is 6.07 Å². The lowest BCUT2D eigenvalue weighted by molar-refractivity contribution is 0.0882. The second kappa shape index (κ2) is 7.43. The van der Waals surface area contributed by atoms with Crippen LogP contribution in [0.5, 0.6) is 0 Å². The van der Waals surface area contributed by atoms with Crippen LogP contribution in [-0.2, 0) is 13.5 Å². The van der Waals surface area contributed by atoms with Crippen LogP contribution in [0.25, 0.3) is 0 Å². The van der Waals surface area contributed by atoms with Gasteiger partial charge in [0.05, 0.1) is 18.3 Å². The third kappa shape index (κ3) is 4.34. The molecule has 5 heteroatoms. The number of nitrogens with one attached hydrogen (secondary N) is 1. The van der Waals surface area contributed by atoms with Crippen LogP contribution >= 0.6 is 0 Å². The number of hydrogen-bond donors (Lipinski definition) is 2. The first-order valence-corrected chi connectivity index (χ1v) is 7.33. The van der Waals surface area contributed by atoms with E-state index in [0.717, 1.165) is 18.5 Å². The molecule has 2 N–H and O–H groups in total. The van der Waals surface area contributed by atoms with Crippen LogP contribution in [0.4, 0.5) is 0 Å². The summed E-state index contributed by atoms with van der Waals surface area (Å²) in [4.78, 5) is 12.3. The molecule has 114 valence electrons. The zero-order chi connectivity index (χ0) is 15.3. The fourth-order valence-electron chi connectivity index (χ4n) is 2.15. The van der Waals surface area contributed by atoms with Crippen molar-refractivity contribution >= 4 is 5.91 Å². The highest BCUT2D eigenvalue weighted by molar-refractivity contribution is 5.92. The highest BCUT2D eigenvalue weighted by atomic mass is 16.3. The predicted molar refractivity (Wildman–Crippen MR) is 79.5 cm³/mol. The fraction of sp³-hybridized carbons (Fsp3) is 0.733. The van der Waals surface area contributed by atoms with Gasteiger partial charge in [-0.05, 0) is 24.3 Å². The van der Waals surface area contributed by atoms with Crippen molar-refractivity contribution in [3.05, 3.63) is 17.5 Å². The van der Waals surface area contributed by atoms with Crippen molar-refractivity contribution in [2.24, 2.45) is 18.9 Å². The molecule has 1 rings (SSSR count). The standard InChI is InChI=1S/C15H27N3O2/c1-6-11(4)13(9-19)16-15(20)14-8-12(7-10(2)3)17-18(14)5/h8,10-11,13,19H,6-7,9H2,1-5H3,(H,16,20)/t11-,13-/m1/s1. The Morgan fingerprint density at radius 2 is 2.10 bits per heavy atom. The Hall–Kier alpha value is -1.36. The van der Waals surface area contributed by atoms with Gasteiger partial charge < -0.3 is 10.4 Å². The quantitative estimate of drug-likeness (QED) is 0.800. The molecule has 0 aliphatic carbocycles. The maximum Gasteiger partial charge on any atom is 0.269 e. The zero-order valence-corrected chi connectivity index (χ0v) is 13.2. The van der Waals surface area contributed by atoms with E-state index >= 15 is 0 Å². The van der Waals surface area contributed by atoms with Gasteiger partial charge in [-0.15, -0.1) is 0 Å². The number of aliphatic hydroxyl groups is 1. The normalized spacial score (nSPS) is 14.3. The second-order valence-corrected chi connectivity index (χ2v) is 5.89. The average Bonchev–Trinajstić information content (AvgIpc) is 2.74. The average molecular weight is 281 g/mol. The van der Waals surface area contributed by atoms with Gasteiger partial charge in [0.2, 0.25) is 0 Å². The lowest BCUT2D eigenvalue weighted by atomic mass is 10.00. The zero-order valence-electron chi connectivity index (χ0n) is 13.2. The lowest BCUT2D eigenvalue weighted by Gasteiger charge is -2.21. The summed E-state index contributed by atoms with van der Waals surface area (Å²) < 4.78 is 1.61. The third-order valence-electron chi connectivity index (χ3n) is 3.62. The minimum Gasteiger partial charge on any atom is -0.394 e. The van der Waals surface area contributed by atoms with Gasteiger partial charge in [-0.3, -0.25) is 9.48 Å². The molecule has 0 spiro atoms. The van der Waals surface area contributed by atoms with E-state index in [1.165, 1.54) is 0 Å². The van der Waals surface area contributed by atoms with Gasteiger partial charge in [-0.2, -0.15) is 5.10 Å². The van der Waals surface area contributed by atoms with Crippen LogP contribution in [0.2, 0.25) is 0 Å². The number of carbonyl (C=O) groups is 1. The fourth-order valence-corrected chi connectivity index (χ4v) is 2.15. The van der Waals surface area contributed by atoms with Crippen LogP contribution in [0.1, 0.15) is 50.3 Å². The molecule has 0 unspecified atom stereocenters. The van der Waals surface area contributed by atoms with Gasteiger partial charge >= 0.3 is 0 Å². The Bertz CT molecular complexity index is 440. The third-order valence-corrected chi connectivity index (χ3v) is 3.62. The minimum absolute atomic E-state index is 0.0442. The molecule has 0 saturated carbocycles. The Labute approximate surface area is 121 Å². The number of aliphatic hydroxyl groups excluding tert-OH is 1. The van der Waals surface area contributed by atoms with Crippen molar-refractivity contribution < 1.29 is 9.90 Å². The van der Waals surface area contributed by atoms with Crippen molar-refractivity contribution in [2.45, 2.75) is 46.6 Å². The summed E-state index contributed by atoms with van der Waals surface area (Å²) >= 11 is 0. The Morgan fingerprint density at radius 3 is 2.60 bits per heavy atom. The highest BCUT2D eigenvalue weighted by Crippen LogP contribution is 2.11. The molecule has 0 aromatic carbocycles. The van der Waals surface area contributed by atoms with E-state index < -0.39 is 0 Å². The lowest BCUT2D eigenvalue weighted by Crippen LogP contribution is -2.42. The van der Waals surface area contributed by atoms with E-state index in [2.05, 4.69) is 24.3 Å². The Balaban J connectivity index is 2.79. The molecular weight excluding hydrogens is 254 g/mol. The molecule has 0 fully saturated rings. The summed E-state index contributed by atoms with van der Waals surface area (Å²) in [5.41, 5.74) is 1.47. The van der Waals surface area contributed by atoms with Crippen LogP contribution < -0.4 is 5.32 Å². The largest absolute Gasteiger partial charge is 0.394 e. The van der Waals surface area contributed by atoms with E-state index in [-0.39, 0.29) is 24.5 Å². The van der Waals surface area contributed by atoms with Crippen molar-refractivity contribution in [3.63, 3.8) is 0 Å². The molecule has 0 saturated heterocycles. The van der Waals surface area contributed by atoms with Crippen molar-refractivity contribution in [1.29, 1.82) is 0 Å². The van der Waals surface area contributed by atoms with E-state index in [9.17, 15) is 9.90 Å². The summed E-state index contributed by atoms with van der Waals surface area (Å²) in [5, 5.41) is 16.6. The maximum atomic E-state index is 12.3. The van der Waals surface area contributed by atoms with Gasteiger partial charge in [-0.25, -0.2) is 0 Å². The van der Waals surface area contributed by atoms with E-state index in [1.54, 1.807) is 11.7 Å². The number of carbonyl (C=O) groups excluding carboxylic acids is 1. The molecular formula is C15H27N3O2. The molecule has 2 atom stereocenters. The van der Waals surface area contributed by atoms with Crippen LogP contribution in [-0.4, -0.2) is 33.4 Å². The van der Waals surface area contributed by atoms with Gasteiger partial charge in [0, 0.05) is 7.05 Å². The summed E-state index contributed by atoms with van der Waals surface area (Å²) in [7, 11) is 1.77. The molecule has 1 heterocycles. The Morgan fingerprint density at radius 1 is 1.45 bits per heavy atom. The number of aryl methyl sites for hydroxylation is 1. The van der Waals surface area contributed by atoms with Gasteiger partial charge in [-0.1, -0.05) is 34.1 Å². The summed E-state index contributed by atoms with van der Waals surface area (Å²) in [6.07, 6.45) is 1.77. The number of amides is 1.